The number of hydrogen-bond acceptors (Lipinski definition) is 5. The maximum absolute atomic E-state index is 13.0. The minimum Gasteiger partial charge on any atom is -0.391 e. The summed E-state index contributed by atoms with van der Waals surface area (Å²) in [5, 5.41) is 18.8. The van der Waals surface area contributed by atoms with Crippen LogP contribution in [-0.4, -0.2) is 65.5 Å². The van der Waals surface area contributed by atoms with Crippen molar-refractivity contribution < 1.29 is 19.5 Å². The van der Waals surface area contributed by atoms with Crippen LogP contribution in [0.3, 0.4) is 0 Å². The molecule has 1 aliphatic rings. The molecule has 3 rings (SSSR count). The average Bonchev–Trinajstić information content (AvgIpc) is 2.80. The summed E-state index contributed by atoms with van der Waals surface area (Å²) in [6.45, 7) is 7.00. The summed E-state index contributed by atoms with van der Waals surface area (Å²) in [4.78, 5) is 40.6. The predicted molar refractivity (Wildman–Crippen MR) is 135 cm³/mol. The van der Waals surface area contributed by atoms with Crippen LogP contribution in [0.2, 0.25) is 0 Å². The van der Waals surface area contributed by atoms with Crippen LogP contribution in [0, 0.1) is 6.92 Å². The first-order valence-corrected chi connectivity index (χ1v) is 12.1. The molecule has 0 saturated heterocycles. The van der Waals surface area contributed by atoms with Crippen LogP contribution in [0.4, 0.5) is 0 Å². The Hall–Kier alpha value is -3.23. The lowest BCUT2D eigenvalue weighted by Gasteiger charge is -2.28. The zero-order valence-electron chi connectivity index (χ0n) is 20.7. The van der Waals surface area contributed by atoms with Crippen LogP contribution in [0.5, 0.6) is 0 Å². The molecule has 0 radical (unpaired) electrons. The maximum Gasteiger partial charge on any atom is 0.252 e. The van der Waals surface area contributed by atoms with E-state index in [2.05, 4.69) is 16.0 Å². The van der Waals surface area contributed by atoms with E-state index in [1.54, 1.807) is 6.07 Å². The summed E-state index contributed by atoms with van der Waals surface area (Å²) < 4.78 is 0. The average molecular weight is 481 g/mol. The molecule has 8 nitrogen and oxygen atoms in total. The zero-order chi connectivity index (χ0) is 25.4. The van der Waals surface area contributed by atoms with Crippen LogP contribution in [-0.2, 0) is 22.6 Å². The lowest BCUT2D eigenvalue weighted by atomic mass is 10.00. The molecule has 0 aliphatic carbocycles. The van der Waals surface area contributed by atoms with Gasteiger partial charge in [-0.05, 0) is 62.4 Å². The molecular weight excluding hydrogens is 444 g/mol. The number of nitrogens with one attached hydrogen (secondary N) is 3. The highest BCUT2D eigenvalue weighted by Gasteiger charge is 2.28. The van der Waals surface area contributed by atoms with Gasteiger partial charge < -0.3 is 21.1 Å². The molecule has 188 valence electrons. The van der Waals surface area contributed by atoms with Crippen molar-refractivity contribution >= 4 is 17.7 Å². The van der Waals surface area contributed by atoms with E-state index in [0.29, 0.717) is 31.6 Å². The Morgan fingerprint density at radius 3 is 2.54 bits per heavy atom. The second-order valence-corrected chi connectivity index (χ2v) is 9.35. The Kier molecular flexibility index (Phi) is 9.39. The van der Waals surface area contributed by atoms with E-state index in [4.69, 9.17) is 0 Å². The molecule has 3 atom stereocenters. The molecule has 0 aromatic heterocycles. The second kappa shape index (κ2) is 12.5. The van der Waals surface area contributed by atoms with Gasteiger partial charge >= 0.3 is 0 Å². The Morgan fingerprint density at radius 2 is 1.83 bits per heavy atom. The van der Waals surface area contributed by atoms with Crippen LogP contribution >= 0.6 is 0 Å². The molecule has 2 aromatic carbocycles. The number of hydrogen-bond donors (Lipinski definition) is 4. The van der Waals surface area contributed by atoms with Gasteiger partial charge in [0.2, 0.25) is 11.8 Å². The number of aliphatic hydroxyl groups is 1. The van der Waals surface area contributed by atoms with Gasteiger partial charge in [0.25, 0.3) is 5.91 Å². The fourth-order valence-corrected chi connectivity index (χ4v) is 4.27. The zero-order valence-corrected chi connectivity index (χ0v) is 20.7. The molecule has 35 heavy (non-hydrogen) atoms. The fraction of sp³-hybridized carbons (Fsp3) is 0.444. The minimum absolute atomic E-state index is 0.0760. The van der Waals surface area contributed by atoms with E-state index in [1.165, 1.54) is 6.92 Å². The Labute approximate surface area is 207 Å². The van der Waals surface area contributed by atoms with E-state index in [9.17, 15) is 19.5 Å². The van der Waals surface area contributed by atoms with Gasteiger partial charge in [-0.15, -0.1) is 0 Å². The predicted octanol–water partition coefficient (Wildman–Crippen LogP) is 1.54. The third-order valence-electron chi connectivity index (χ3n) is 6.14. The number of rotatable bonds is 3. The largest absolute Gasteiger partial charge is 0.391 e. The van der Waals surface area contributed by atoms with Crippen molar-refractivity contribution in [3.63, 3.8) is 0 Å². The SMILES string of the molecule is Cc1ccc2cc1CCCNC(=O)CN(Cc1ccccc1)C[C@@H](C)NC(=O)[C@H]([C@@H](C)O)NC2=O. The van der Waals surface area contributed by atoms with E-state index < -0.39 is 24.0 Å². The van der Waals surface area contributed by atoms with Crippen molar-refractivity contribution in [1.82, 2.24) is 20.9 Å². The molecule has 0 saturated carbocycles. The summed E-state index contributed by atoms with van der Waals surface area (Å²) in [5.74, 6) is -0.960. The van der Waals surface area contributed by atoms with Crippen LogP contribution in [0.1, 0.15) is 47.3 Å². The van der Waals surface area contributed by atoms with Crippen molar-refractivity contribution in [3.8, 4) is 0 Å². The molecule has 8 heteroatoms. The van der Waals surface area contributed by atoms with Gasteiger partial charge in [0.1, 0.15) is 6.04 Å². The molecule has 1 heterocycles. The summed E-state index contributed by atoms with van der Waals surface area (Å²) in [5.41, 5.74) is 3.56. The normalized spacial score (nSPS) is 21.9. The number of aliphatic hydroxyl groups excluding tert-OH is 1. The van der Waals surface area contributed by atoms with E-state index in [-0.39, 0.29) is 18.5 Å². The lowest BCUT2D eigenvalue weighted by Crippen LogP contribution is -2.55. The highest BCUT2D eigenvalue weighted by atomic mass is 16.3. The molecule has 1 aliphatic heterocycles. The molecule has 2 aromatic rings. The number of aryl methyl sites for hydroxylation is 2. The number of amides is 3. The van der Waals surface area contributed by atoms with Gasteiger partial charge in [0, 0.05) is 31.2 Å². The Balaban J connectivity index is 1.83. The second-order valence-electron chi connectivity index (χ2n) is 9.35. The van der Waals surface area contributed by atoms with Crippen LogP contribution < -0.4 is 16.0 Å². The number of carbonyl (C=O) groups is 3. The topological polar surface area (TPSA) is 111 Å². The third-order valence-corrected chi connectivity index (χ3v) is 6.14. The number of nitrogens with zero attached hydrogens (tertiary/aromatic N) is 1. The molecule has 2 bridgehead atoms. The van der Waals surface area contributed by atoms with E-state index in [1.807, 2.05) is 61.2 Å². The summed E-state index contributed by atoms with van der Waals surface area (Å²) in [6.07, 6.45) is 0.367. The van der Waals surface area contributed by atoms with Crippen molar-refractivity contribution in [2.45, 2.75) is 58.3 Å². The summed E-state index contributed by atoms with van der Waals surface area (Å²) >= 11 is 0. The van der Waals surface area contributed by atoms with Crippen LogP contribution in [0.15, 0.2) is 48.5 Å². The third kappa shape index (κ3) is 7.90. The molecule has 4 N–H and O–H groups in total. The van der Waals surface area contributed by atoms with Crippen LogP contribution in [0.25, 0.3) is 0 Å². The van der Waals surface area contributed by atoms with Gasteiger partial charge in [0.05, 0.1) is 12.6 Å². The summed E-state index contributed by atoms with van der Waals surface area (Å²) in [7, 11) is 0. The fourth-order valence-electron chi connectivity index (χ4n) is 4.27. The van der Waals surface area contributed by atoms with Gasteiger partial charge in [0.15, 0.2) is 0 Å². The Morgan fingerprint density at radius 1 is 1.09 bits per heavy atom. The highest BCUT2D eigenvalue weighted by molar-refractivity contribution is 5.98. The number of fused-ring (bicyclic) bond motifs is 2. The minimum atomic E-state index is -1.10. The standard InChI is InChI=1S/C27H36N4O4/c1-18-11-12-23-14-22(18)10-7-13-28-24(33)17-31(16-21-8-5-4-6-9-21)15-19(2)29-27(35)25(20(3)32)30-26(23)34/h4-6,8-9,11-12,14,19-20,25,32H,7,10,13,15-17H2,1-3H3,(H,28,33)(H,29,35)(H,30,34)/t19-,20-,25+/m1/s1. The first kappa shape index (κ1) is 26.4. The van der Waals surface area contributed by atoms with E-state index in [0.717, 1.165) is 23.1 Å². The van der Waals surface area contributed by atoms with E-state index >= 15 is 0 Å². The molecule has 0 spiro atoms. The summed E-state index contributed by atoms with van der Waals surface area (Å²) in [6, 6.07) is 13.8. The number of carbonyl (C=O) groups excluding carboxylic acids is 3. The van der Waals surface area contributed by atoms with Crippen molar-refractivity contribution in [2.24, 2.45) is 0 Å². The van der Waals surface area contributed by atoms with Crippen molar-refractivity contribution in [3.05, 3.63) is 70.8 Å². The Bertz CT molecular complexity index is 1030. The molecule has 3 amide bonds. The maximum atomic E-state index is 13.0. The monoisotopic (exact) mass is 480 g/mol. The van der Waals surface area contributed by atoms with Gasteiger partial charge in [-0.3, -0.25) is 19.3 Å². The first-order valence-electron chi connectivity index (χ1n) is 12.1. The van der Waals surface area contributed by atoms with Gasteiger partial charge in [-0.1, -0.05) is 36.4 Å². The molecular formula is C27H36N4O4. The van der Waals surface area contributed by atoms with Crippen molar-refractivity contribution in [2.75, 3.05) is 19.6 Å². The van der Waals surface area contributed by atoms with Gasteiger partial charge in [-0.2, -0.15) is 0 Å². The smallest absolute Gasteiger partial charge is 0.252 e. The van der Waals surface area contributed by atoms with Gasteiger partial charge in [-0.25, -0.2) is 0 Å². The first-order chi connectivity index (χ1) is 16.7. The molecule has 0 unspecified atom stereocenters. The quantitative estimate of drug-likeness (QED) is 0.533. The van der Waals surface area contributed by atoms with Crippen molar-refractivity contribution in [1.29, 1.82) is 0 Å². The lowest BCUT2D eigenvalue weighted by molar-refractivity contribution is -0.126. The molecule has 0 fully saturated rings. The highest BCUT2D eigenvalue weighted by Crippen LogP contribution is 2.14. The number of benzene rings is 2.